The van der Waals surface area contributed by atoms with E-state index in [1.165, 1.54) is 0 Å². The van der Waals surface area contributed by atoms with E-state index in [1.807, 2.05) is 48.5 Å². The number of hydrogen-bond donors (Lipinski definition) is 4. The third-order valence-corrected chi connectivity index (χ3v) is 9.13. The molecule has 0 saturated heterocycles. The topological polar surface area (TPSA) is 134 Å². The molecule has 0 atom stereocenters. The molecule has 0 spiro atoms. The van der Waals surface area contributed by atoms with Crippen molar-refractivity contribution in [3.63, 3.8) is 0 Å². The molecule has 6 rings (SSSR count). The number of carbonyl (C=O) groups is 1. The number of nitrogens with zero attached hydrogens (tertiary/aromatic N) is 2. The Morgan fingerprint density at radius 1 is 1.02 bits per heavy atom. The maximum absolute atomic E-state index is 13.1. The zero-order valence-corrected chi connectivity index (χ0v) is 24.0. The Morgan fingerprint density at radius 3 is 2.55 bits per heavy atom. The number of nitrogens with one attached hydrogen (secondary N) is 4. The number of methoxy groups -OCH3 is 1. The Hall–Kier alpha value is -4.48. The van der Waals surface area contributed by atoms with Crippen LogP contribution < -0.4 is 25.4 Å². The number of fused-ring (bicyclic) bond motifs is 4. The highest BCUT2D eigenvalue weighted by atomic mass is 32.2. The number of hydrogen-bond acceptors (Lipinski definition) is 8. The molecule has 1 saturated carbocycles. The fraction of sp³-hybridized carbons (Fsp3) is 0.258. The number of anilines is 3. The molecular formula is C31H32N6O4S. The average Bonchev–Trinajstić information content (AvgIpc) is 3.82. The highest BCUT2D eigenvalue weighted by molar-refractivity contribution is 7.89. The Balaban J connectivity index is 1.16. The highest BCUT2D eigenvalue weighted by Gasteiger charge is 2.51. The molecule has 2 heterocycles. The second-order valence-electron chi connectivity index (χ2n) is 10.5. The second kappa shape index (κ2) is 11.4. The van der Waals surface area contributed by atoms with Crippen LogP contribution in [0.5, 0.6) is 5.75 Å². The lowest BCUT2D eigenvalue weighted by atomic mass is 9.94. The number of amides is 1. The standard InChI is InChI=1S/C31H32N6O4S/c1-41-25-12-10-23(11-13-25)31(14-15-31)29(38)33-19-21-6-8-22(9-7-21)27-20-34-30-36-24-4-2-5-26(18-24)42(39,40)35-17-3-16-32-28(27)37-30/h2,4-13,18,20,35H,3,14-17,19H2,1H3,(H,33,38)(H2,32,34,36,37). The van der Waals surface area contributed by atoms with Crippen molar-refractivity contribution in [3.8, 4) is 16.9 Å². The first-order chi connectivity index (χ1) is 20.4. The minimum atomic E-state index is -3.61. The van der Waals surface area contributed by atoms with E-state index in [0.29, 0.717) is 43.5 Å². The van der Waals surface area contributed by atoms with E-state index in [0.717, 1.165) is 40.8 Å². The van der Waals surface area contributed by atoms with Gasteiger partial charge in [0.15, 0.2) is 0 Å². The molecule has 1 fully saturated rings. The van der Waals surface area contributed by atoms with Crippen LogP contribution in [0.1, 0.15) is 30.4 Å². The van der Waals surface area contributed by atoms with Gasteiger partial charge in [0.1, 0.15) is 11.6 Å². The van der Waals surface area contributed by atoms with Crippen molar-refractivity contribution in [2.24, 2.45) is 0 Å². The summed E-state index contributed by atoms with van der Waals surface area (Å²) in [6, 6.07) is 22.2. The van der Waals surface area contributed by atoms with Crippen molar-refractivity contribution >= 4 is 33.4 Å². The summed E-state index contributed by atoms with van der Waals surface area (Å²) in [5.74, 6) is 1.81. The summed E-state index contributed by atoms with van der Waals surface area (Å²) < 4.78 is 33.1. The van der Waals surface area contributed by atoms with Crippen LogP contribution in [-0.4, -0.2) is 44.5 Å². The molecule has 2 aliphatic rings. The van der Waals surface area contributed by atoms with Crippen LogP contribution in [0.4, 0.5) is 17.5 Å². The minimum Gasteiger partial charge on any atom is -0.497 e. The summed E-state index contributed by atoms with van der Waals surface area (Å²) in [5, 5.41) is 9.56. The number of carbonyl (C=O) groups excluding carboxylic acids is 1. The van der Waals surface area contributed by atoms with Crippen molar-refractivity contribution in [3.05, 3.63) is 90.1 Å². The number of rotatable bonds is 6. The molecule has 4 N–H and O–H groups in total. The van der Waals surface area contributed by atoms with Gasteiger partial charge in [0, 0.05) is 37.1 Å². The van der Waals surface area contributed by atoms with E-state index in [4.69, 9.17) is 9.72 Å². The quantitative estimate of drug-likeness (QED) is 0.263. The zero-order chi connectivity index (χ0) is 29.2. The maximum atomic E-state index is 13.1. The van der Waals surface area contributed by atoms with Crippen molar-refractivity contribution in [1.82, 2.24) is 20.0 Å². The lowest BCUT2D eigenvalue weighted by Gasteiger charge is -2.17. The average molecular weight is 585 g/mol. The van der Waals surface area contributed by atoms with Gasteiger partial charge in [-0.1, -0.05) is 42.5 Å². The van der Waals surface area contributed by atoms with E-state index in [9.17, 15) is 13.2 Å². The summed E-state index contributed by atoms with van der Waals surface area (Å²) in [6.45, 7) is 1.24. The van der Waals surface area contributed by atoms with Gasteiger partial charge in [-0.3, -0.25) is 4.79 Å². The lowest BCUT2D eigenvalue weighted by molar-refractivity contribution is -0.123. The van der Waals surface area contributed by atoms with Gasteiger partial charge in [-0.05, 0) is 66.3 Å². The summed E-state index contributed by atoms with van der Waals surface area (Å²) in [5.41, 5.74) is 3.85. The first kappa shape index (κ1) is 27.7. The van der Waals surface area contributed by atoms with Crippen LogP contribution in [0.2, 0.25) is 0 Å². The monoisotopic (exact) mass is 584 g/mol. The van der Waals surface area contributed by atoms with Gasteiger partial charge < -0.3 is 20.7 Å². The molecule has 11 heteroatoms. The number of ether oxygens (including phenoxy) is 1. The SMILES string of the molecule is COc1ccc(C2(C(=O)NCc3ccc(-c4cnc5nc4NCCCNS(=O)(=O)c4cccc(c4)N5)cc3)CC2)cc1. The smallest absolute Gasteiger partial charge is 0.240 e. The van der Waals surface area contributed by atoms with Gasteiger partial charge in [0.25, 0.3) is 0 Å². The van der Waals surface area contributed by atoms with E-state index in [-0.39, 0.29) is 10.8 Å². The van der Waals surface area contributed by atoms with Crippen LogP contribution in [0.3, 0.4) is 0 Å². The van der Waals surface area contributed by atoms with Gasteiger partial charge in [0.2, 0.25) is 21.9 Å². The first-order valence-corrected chi connectivity index (χ1v) is 15.3. The minimum absolute atomic E-state index is 0.0384. The van der Waals surface area contributed by atoms with Crippen molar-refractivity contribution in [1.29, 1.82) is 0 Å². The van der Waals surface area contributed by atoms with Gasteiger partial charge in [0.05, 0.1) is 17.4 Å². The first-order valence-electron chi connectivity index (χ1n) is 13.9. The maximum Gasteiger partial charge on any atom is 0.240 e. The summed E-state index contributed by atoms with van der Waals surface area (Å²) in [7, 11) is -1.98. The molecule has 216 valence electrons. The summed E-state index contributed by atoms with van der Waals surface area (Å²) in [6.07, 6.45) is 3.99. The van der Waals surface area contributed by atoms with Crippen molar-refractivity contribution < 1.29 is 17.9 Å². The van der Waals surface area contributed by atoms with Crippen LogP contribution in [0.25, 0.3) is 11.1 Å². The lowest BCUT2D eigenvalue weighted by Crippen LogP contribution is -2.34. The normalized spacial score (nSPS) is 16.8. The molecule has 4 bridgehead atoms. The summed E-state index contributed by atoms with van der Waals surface area (Å²) in [4.78, 5) is 22.5. The Labute approximate surface area is 245 Å². The fourth-order valence-electron chi connectivity index (χ4n) is 5.08. The van der Waals surface area contributed by atoms with Crippen LogP contribution in [-0.2, 0) is 26.8 Å². The number of aromatic nitrogens is 2. The molecule has 1 aliphatic heterocycles. The number of sulfonamides is 1. The molecular weight excluding hydrogens is 552 g/mol. The van der Waals surface area contributed by atoms with Gasteiger partial charge in [-0.25, -0.2) is 18.1 Å². The highest BCUT2D eigenvalue weighted by Crippen LogP contribution is 2.48. The van der Waals surface area contributed by atoms with Crippen LogP contribution in [0, 0.1) is 0 Å². The van der Waals surface area contributed by atoms with Gasteiger partial charge in [-0.15, -0.1) is 0 Å². The Morgan fingerprint density at radius 2 is 1.81 bits per heavy atom. The van der Waals surface area contributed by atoms with Crippen LogP contribution >= 0.6 is 0 Å². The molecule has 1 aromatic heterocycles. The predicted molar refractivity (Wildman–Crippen MR) is 161 cm³/mol. The second-order valence-corrected chi connectivity index (χ2v) is 12.2. The molecule has 10 nitrogen and oxygen atoms in total. The van der Waals surface area contributed by atoms with Gasteiger partial charge >= 0.3 is 0 Å². The van der Waals surface area contributed by atoms with E-state index >= 15 is 0 Å². The fourth-order valence-corrected chi connectivity index (χ4v) is 6.20. The Kier molecular flexibility index (Phi) is 7.53. The molecule has 0 unspecified atom stereocenters. The molecule has 3 aromatic carbocycles. The molecule has 1 aliphatic carbocycles. The molecule has 1 amide bonds. The third-order valence-electron chi connectivity index (χ3n) is 7.67. The van der Waals surface area contributed by atoms with Gasteiger partial charge in [-0.2, -0.15) is 4.98 Å². The van der Waals surface area contributed by atoms with Crippen LogP contribution in [0.15, 0.2) is 83.9 Å². The third kappa shape index (κ3) is 5.79. The Bertz CT molecular complexity index is 1700. The largest absolute Gasteiger partial charge is 0.497 e. The van der Waals surface area contributed by atoms with E-state index in [1.54, 1.807) is 37.6 Å². The zero-order valence-electron chi connectivity index (χ0n) is 23.2. The molecule has 42 heavy (non-hydrogen) atoms. The predicted octanol–water partition coefficient (Wildman–Crippen LogP) is 4.34. The number of benzene rings is 3. The van der Waals surface area contributed by atoms with Crippen molar-refractivity contribution in [2.45, 2.75) is 36.1 Å². The van der Waals surface area contributed by atoms with Crippen molar-refractivity contribution in [2.75, 3.05) is 30.8 Å². The molecule has 0 radical (unpaired) electrons. The van der Waals surface area contributed by atoms with E-state index in [2.05, 4.69) is 25.7 Å². The summed E-state index contributed by atoms with van der Waals surface area (Å²) >= 11 is 0. The van der Waals surface area contributed by atoms with E-state index < -0.39 is 15.4 Å². The molecule has 4 aromatic rings.